The average Bonchev–Trinajstić information content (AvgIpc) is 3.31. The molecule has 0 aromatic heterocycles. The first-order valence-corrected chi connectivity index (χ1v) is 15.7. The Labute approximate surface area is 260 Å². The predicted octanol–water partition coefficient (Wildman–Crippen LogP) is 4.00. The van der Waals surface area contributed by atoms with Crippen molar-refractivity contribution in [3.05, 3.63) is 107 Å². The van der Waals surface area contributed by atoms with Crippen LogP contribution in [0.1, 0.15) is 53.1 Å². The number of aliphatic hydroxyl groups is 2. The van der Waals surface area contributed by atoms with Crippen molar-refractivity contribution >= 4 is 29.7 Å². The van der Waals surface area contributed by atoms with Gasteiger partial charge in [0.1, 0.15) is 12.6 Å². The molecule has 232 valence electrons. The second kappa shape index (κ2) is 15.3. The Morgan fingerprint density at radius 1 is 0.909 bits per heavy atom. The van der Waals surface area contributed by atoms with E-state index in [1.165, 1.54) is 0 Å². The first-order chi connectivity index (χ1) is 21.4. The summed E-state index contributed by atoms with van der Waals surface area (Å²) in [6.45, 7) is 0.201. The Balaban J connectivity index is 1.19. The van der Waals surface area contributed by atoms with Crippen LogP contribution < -0.4 is 5.32 Å². The third-order valence-electron chi connectivity index (χ3n) is 7.50. The molecule has 0 aliphatic carbocycles. The van der Waals surface area contributed by atoms with Crippen molar-refractivity contribution in [2.45, 2.75) is 57.1 Å². The van der Waals surface area contributed by atoms with Crippen LogP contribution in [0.3, 0.4) is 0 Å². The largest absolute Gasteiger partial charge is 0.445 e. The van der Waals surface area contributed by atoms with Crippen LogP contribution in [0.4, 0.5) is 4.79 Å². The van der Waals surface area contributed by atoms with Crippen LogP contribution in [-0.4, -0.2) is 63.3 Å². The van der Waals surface area contributed by atoms with E-state index in [-0.39, 0.29) is 50.9 Å². The highest BCUT2D eigenvalue weighted by Gasteiger charge is 2.40. The Morgan fingerprint density at radius 3 is 2.32 bits per heavy atom. The molecule has 3 amide bonds. The average molecular weight is 621 g/mol. The standard InChI is InChI=1S/C33H36N2O8S/c36-14-15-44-21-27-16-29(25-10-8-23(19-37)9-11-25)43-32(42-27)26-12-6-22(7-13-26)18-35-30(38)17-28(31(35)39)34-33(40)41-20-24-4-2-1-3-5-24/h1-13,27-29,32,36-37H,14-21H2,(H,34,40)/t27-,28?,29+,32+/m1/s1. The molecule has 0 spiro atoms. The van der Waals surface area contributed by atoms with E-state index in [1.54, 1.807) is 11.8 Å². The maximum Gasteiger partial charge on any atom is 0.408 e. The number of carbonyl (C=O) groups excluding carboxylic acids is 3. The smallest absolute Gasteiger partial charge is 0.408 e. The molecule has 0 bridgehead atoms. The molecule has 1 unspecified atom stereocenters. The molecule has 0 saturated carbocycles. The van der Waals surface area contributed by atoms with Gasteiger partial charge in [-0.2, -0.15) is 11.8 Å². The number of amides is 3. The van der Waals surface area contributed by atoms with Crippen molar-refractivity contribution < 1.29 is 38.8 Å². The molecule has 2 saturated heterocycles. The van der Waals surface area contributed by atoms with Crippen LogP contribution in [-0.2, 0) is 43.6 Å². The van der Waals surface area contributed by atoms with Gasteiger partial charge in [0.05, 0.1) is 38.4 Å². The number of alkyl carbamates (subject to hydrolysis) is 1. The van der Waals surface area contributed by atoms with Crippen LogP contribution in [0.2, 0.25) is 0 Å². The maximum absolute atomic E-state index is 13.0. The zero-order chi connectivity index (χ0) is 30.9. The minimum Gasteiger partial charge on any atom is -0.445 e. The predicted molar refractivity (Wildman–Crippen MR) is 163 cm³/mol. The zero-order valence-corrected chi connectivity index (χ0v) is 25.0. The summed E-state index contributed by atoms with van der Waals surface area (Å²) in [6.07, 6.45) is -1.18. The minimum atomic E-state index is -0.974. The SMILES string of the molecule is O=C(NC1CC(=O)N(Cc2ccc([C@H]3O[C@@H](CSCCO)C[C@@H](c4ccc(CO)cc4)O3)cc2)C1=O)OCc1ccccc1. The number of imide groups is 1. The molecule has 4 atom stereocenters. The van der Waals surface area contributed by atoms with Gasteiger partial charge in [-0.3, -0.25) is 14.5 Å². The summed E-state index contributed by atoms with van der Waals surface area (Å²) >= 11 is 1.62. The van der Waals surface area contributed by atoms with Crippen molar-refractivity contribution in [2.24, 2.45) is 0 Å². The van der Waals surface area contributed by atoms with E-state index < -0.39 is 24.3 Å². The molecular formula is C33H36N2O8S. The Bertz CT molecular complexity index is 1400. The quantitative estimate of drug-likeness (QED) is 0.203. The third kappa shape index (κ3) is 8.25. The number of rotatable bonds is 12. The van der Waals surface area contributed by atoms with E-state index in [2.05, 4.69) is 5.32 Å². The number of nitrogens with zero attached hydrogens (tertiary/aromatic N) is 1. The summed E-state index contributed by atoms with van der Waals surface area (Å²) in [5.74, 6) is 0.477. The molecule has 3 aromatic carbocycles. The fourth-order valence-corrected chi connectivity index (χ4v) is 5.91. The van der Waals surface area contributed by atoms with Crippen LogP contribution in [0.5, 0.6) is 0 Å². The Kier molecular flexibility index (Phi) is 11.0. The third-order valence-corrected chi connectivity index (χ3v) is 8.57. The van der Waals surface area contributed by atoms with Gasteiger partial charge in [0, 0.05) is 23.5 Å². The lowest BCUT2D eigenvalue weighted by atomic mass is 10.0. The number of hydrogen-bond donors (Lipinski definition) is 3. The number of benzene rings is 3. The lowest BCUT2D eigenvalue weighted by Crippen LogP contribution is -2.41. The highest BCUT2D eigenvalue weighted by molar-refractivity contribution is 7.99. The van der Waals surface area contributed by atoms with Gasteiger partial charge in [-0.1, -0.05) is 78.9 Å². The fourth-order valence-electron chi connectivity index (χ4n) is 5.13. The Morgan fingerprint density at radius 2 is 1.61 bits per heavy atom. The molecule has 44 heavy (non-hydrogen) atoms. The summed E-state index contributed by atoms with van der Waals surface area (Å²) in [5.41, 5.74) is 4.16. The number of likely N-dealkylation sites (tertiary alicyclic amines) is 1. The fraction of sp³-hybridized carbons (Fsp3) is 0.364. The monoisotopic (exact) mass is 620 g/mol. The van der Waals surface area contributed by atoms with E-state index in [4.69, 9.17) is 14.2 Å². The molecular weight excluding hydrogens is 584 g/mol. The zero-order valence-electron chi connectivity index (χ0n) is 24.2. The van der Waals surface area contributed by atoms with Crippen LogP contribution in [0.15, 0.2) is 78.9 Å². The van der Waals surface area contributed by atoms with E-state index in [1.807, 2.05) is 78.9 Å². The molecule has 10 nitrogen and oxygen atoms in total. The number of carbonyl (C=O) groups is 3. The van der Waals surface area contributed by atoms with Gasteiger partial charge in [-0.25, -0.2) is 4.79 Å². The molecule has 5 rings (SSSR count). The molecule has 2 heterocycles. The van der Waals surface area contributed by atoms with E-state index >= 15 is 0 Å². The van der Waals surface area contributed by atoms with Gasteiger partial charge >= 0.3 is 6.09 Å². The summed E-state index contributed by atoms with van der Waals surface area (Å²) in [6, 6.07) is 23.2. The van der Waals surface area contributed by atoms with Crippen LogP contribution >= 0.6 is 11.8 Å². The summed E-state index contributed by atoms with van der Waals surface area (Å²) < 4.78 is 17.8. The van der Waals surface area contributed by atoms with Gasteiger partial charge in [0.2, 0.25) is 5.91 Å². The normalized spacial score (nSPS) is 21.8. The first kappa shape index (κ1) is 31.7. The first-order valence-electron chi connectivity index (χ1n) is 14.5. The van der Waals surface area contributed by atoms with Gasteiger partial charge < -0.3 is 29.7 Å². The lowest BCUT2D eigenvalue weighted by molar-refractivity contribution is -0.245. The van der Waals surface area contributed by atoms with Crippen molar-refractivity contribution in [1.82, 2.24) is 10.2 Å². The molecule has 0 radical (unpaired) electrons. The van der Waals surface area contributed by atoms with Gasteiger partial charge in [-0.05, 0) is 22.3 Å². The van der Waals surface area contributed by atoms with Crippen molar-refractivity contribution in [3.8, 4) is 0 Å². The molecule has 3 N–H and O–H groups in total. The second-order valence-electron chi connectivity index (χ2n) is 10.7. The summed E-state index contributed by atoms with van der Waals surface area (Å²) in [7, 11) is 0. The molecule has 3 aromatic rings. The summed E-state index contributed by atoms with van der Waals surface area (Å²) in [5, 5.41) is 21.1. The van der Waals surface area contributed by atoms with Crippen molar-refractivity contribution in [2.75, 3.05) is 18.1 Å². The van der Waals surface area contributed by atoms with Crippen LogP contribution in [0, 0.1) is 0 Å². The summed E-state index contributed by atoms with van der Waals surface area (Å²) in [4.78, 5) is 39.0. The van der Waals surface area contributed by atoms with Gasteiger partial charge in [0.25, 0.3) is 5.91 Å². The van der Waals surface area contributed by atoms with Crippen molar-refractivity contribution in [1.29, 1.82) is 0 Å². The molecule has 2 fully saturated rings. The van der Waals surface area contributed by atoms with Gasteiger partial charge in [-0.15, -0.1) is 0 Å². The highest BCUT2D eigenvalue weighted by Crippen LogP contribution is 2.39. The topological polar surface area (TPSA) is 135 Å². The van der Waals surface area contributed by atoms with Gasteiger partial charge in [0.15, 0.2) is 6.29 Å². The number of ether oxygens (including phenoxy) is 3. The molecule has 2 aliphatic rings. The number of hydrogen-bond acceptors (Lipinski definition) is 9. The van der Waals surface area contributed by atoms with Crippen LogP contribution in [0.25, 0.3) is 0 Å². The number of thioether (sulfide) groups is 1. The van der Waals surface area contributed by atoms with E-state index in [9.17, 15) is 24.6 Å². The number of aliphatic hydroxyl groups excluding tert-OH is 2. The molecule has 2 aliphatic heterocycles. The van der Waals surface area contributed by atoms with Crippen molar-refractivity contribution in [3.63, 3.8) is 0 Å². The minimum absolute atomic E-state index is 0.0304. The maximum atomic E-state index is 13.0. The molecule has 11 heteroatoms. The second-order valence-corrected chi connectivity index (χ2v) is 11.8. The highest BCUT2D eigenvalue weighted by atomic mass is 32.2. The lowest BCUT2D eigenvalue weighted by Gasteiger charge is -2.36. The number of nitrogens with one attached hydrogen (secondary N) is 1. The van der Waals surface area contributed by atoms with E-state index in [0.29, 0.717) is 17.9 Å². The Hall–Kier alpha value is -3.74. The van der Waals surface area contributed by atoms with E-state index in [0.717, 1.165) is 32.7 Å².